The van der Waals surface area contributed by atoms with E-state index in [-0.39, 0.29) is 24.1 Å². The number of carbonyl (C=O) groups is 2. The van der Waals surface area contributed by atoms with E-state index >= 15 is 0 Å². The van der Waals surface area contributed by atoms with E-state index in [9.17, 15) is 14.7 Å². The fourth-order valence-electron chi connectivity index (χ4n) is 4.76. The van der Waals surface area contributed by atoms with E-state index in [1.807, 2.05) is 32.2 Å². The molecule has 2 heterocycles. The minimum atomic E-state index is -0.623. The van der Waals surface area contributed by atoms with E-state index in [2.05, 4.69) is 11.4 Å². The first kappa shape index (κ1) is 25.0. The van der Waals surface area contributed by atoms with Gasteiger partial charge in [-0.2, -0.15) is 0 Å². The predicted octanol–water partition coefficient (Wildman–Crippen LogP) is 4.79. The van der Waals surface area contributed by atoms with Crippen molar-refractivity contribution in [1.82, 2.24) is 5.32 Å². The van der Waals surface area contributed by atoms with Gasteiger partial charge in [0.25, 0.3) is 0 Å². The number of thiophene rings is 1. The number of carbonyl (C=O) groups excluding carboxylic acids is 2. The van der Waals surface area contributed by atoms with Crippen molar-refractivity contribution >= 4 is 23.1 Å². The SMILES string of the molecule is CCOCCOC(=O)C1=C(C)NC2=C(C(=O)C[C@@H](c3cccs3)C2)[C@H]1c1ccc(O)c(OCC)c1. The number of phenolic OH excluding ortho intramolecular Hbond substituents is 1. The van der Waals surface area contributed by atoms with Gasteiger partial charge in [0.2, 0.25) is 0 Å². The van der Waals surface area contributed by atoms with E-state index in [0.717, 1.165) is 5.70 Å². The number of esters is 1. The van der Waals surface area contributed by atoms with Gasteiger partial charge in [0.05, 0.1) is 18.8 Å². The molecule has 2 aromatic rings. The van der Waals surface area contributed by atoms with E-state index in [0.29, 0.717) is 60.8 Å². The largest absolute Gasteiger partial charge is 0.504 e. The van der Waals surface area contributed by atoms with Crippen molar-refractivity contribution in [2.75, 3.05) is 26.4 Å². The number of benzene rings is 1. The molecule has 0 saturated heterocycles. The van der Waals surface area contributed by atoms with Gasteiger partial charge in [-0.25, -0.2) is 4.79 Å². The fourth-order valence-corrected chi connectivity index (χ4v) is 5.59. The van der Waals surface area contributed by atoms with Crippen molar-refractivity contribution in [3.63, 3.8) is 0 Å². The number of aromatic hydroxyl groups is 1. The van der Waals surface area contributed by atoms with Gasteiger partial charge < -0.3 is 24.6 Å². The molecule has 0 fully saturated rings. The third-order valence-electron chi connectivity index (χ3n) is 6.28. The predicted molar refractivity (Wildman–Crippen MR) is 134 cm³/mol. The van der Waals surface area contributed by atoms with Crippen LogP contribution in [0.25, 0.3) is 0 Å². The molecule has 0 bridgehead atoms. The molecule has 35 heavy (non-hydrogen) atoms. The molecule has 1 aliphatic heterocycles. The highest BCUT2D eigenvalue weighted by Gasteiger charge is 2.41. The molecule has 0 unspecified atom stereocenters. The molecule has 0 amide bonds. The van der Waals surface area contributed by atoms with Gasteiger partial charge in [-0.3, -0.25) is 4.79 Å². The second-order valence-electron chi connectivity index (χ2n) is 8.53. The molecule has 2 atom stereocenters. The summed E-state index contributed by atoms with van der Waals surface area (Å²) in [7, 11) is 0. The Bertz CT molecular complexity index is 1150. The summed E-state index contributed by atoms with van der Waals surface area (Å²) in [4.78, 5) is 28.1. The van der Waals surface area contributed by atoms with Gasteiger partial charge in [-0.1, -0.05) is 12.1 Å². The van der Waals surface area contributed by atoms with Crippen LogP contribution in [0.4, 0.5) is 0 Å². The van der Waals surface area contributed by atoms with Crippen molar-refractivity contribution in [2.45, 2.75) is 45.4 Å². The Balaban J connectivity index is 1.75. The maximum absolute atomic E-state index is 13.6. The number of nitrogens with one attached hydrogen (secondary N) is 1. The minimum Gasteiger partial charge on any atom is -0.504 e. The van der Waals surface area contributed by atoms with Crippen LogP contribution in [-0.2, 0) is 19.1 Å². The number of Topliss-reactive ketones (excluding diaryl/α,β-unsaturated/α-hetero) is 1. The third-order valence-corrected chi connectivity index (χ3v) is 7.31. The molecular weight excluding hydrogens is 466 g/mol. The number of rotatable bonds is 9. The van der Waals surface area contributed by atoms with Crippen LogP contribution in [0, 0.1) is 0 Å². The maximum atomic E-state index is 13.6. The first-order valence-electron chi connectivity index (χ1n) is 11.9. The Kier molecular flexibility index (Phi) is 7.93. The van der Waals surface area contributed by atoms with E-state index < -0.39 is 11.9 Å². The lowest BCUT2D eigenvalue weighted by atomic mass is 9.72. The van der Waals surface area contributed by atoms with Crippen LogP contribution in [0.15, 0.2) is 58.3 Å². The number of ketones is 1. The second kappa shape index (κ2) is 11.1. The summed E-state index contributed by atoms with van der Waals surface area (Å²) in [6.45, 7) is 6.87. The van der Waals surface area contributed by atoms with E-state index in [4.69, 9.17) is 14.2 Å². The highest BCUT2D eigenvalue weighted by Crippen LogP contribution is 2.47. The quantitative estimate of drug-likeness (QED) is 0.380. The van der Waals surface area contributed by atoms with Gasteiger partial charge in [0.1, 0.15) is 6.61 Å². The van der Waals surface area contributed by atoms with Gasteiger partial charge in [-0.05, 0) is 56.3 Å². The number of phenols is 1. The van der Waals surface area contributed by atoms with Gasteiger partial charge in [-0.15, -0.1) is 11.3 Å². The van der Waals surface area contributed by atoms with Crippen LogP contribution in [0.3, 0.4) is 0 Å². The molecule has 4 rings (SSSR count). The molecule has 7 nitrogen and oxygen atoms in total. The molecular formula is C27H31NO6S. The molecule has 0 spiro atoms. The molecule has 8 heteroatoms. The Labute approximate surface area is 209 Å². The lowest BCUT2D eigenvalue weighted by Gasteiger charge is -2.36. The van der Waals surface area contributed by atoms with E-state index in [1.165, 1.54) is 10.9 Å². The summed E-state index contributed by atoms with van der Waals surface area (Å²) < 4.78 is 16.4. The normalized spacial score (nSPS) is 19.9. The average Bonchev–Trinajstić information content (AvgIpc) is 3.37. The van der Waals surface area contributed by atoms with Gasteiger partial charge in [0, 0.05) is 46.7 Å². The Morgan fingerprint density at radius 3 is 2.71 bits per heavy atom. The standard InChI is InChI=1S/C27H31NO6S/c1-4-32-10-11-34-27(31)24-16(3)28-19-13-18(23-7-6-12-35-23)14-21(30)26(19)25(24)17-8-9-20(29)22(15-17)33-5-2/h6-9,12,15,18,25,28-29H,4-5,10-11,13-14H2,1-3H3/t18-,25-/m0/s1. The van der Waals surface area contributed by atoms with Crippen LogP contribution in [0.2, 0.25) is 0 Å². The molecule has 1 aromatic heterocycles. The Morgan fingerprint density at radius 2 is 2.00 bits per heavy atom. The summed E-state index contributed by atoms with van der Waals surface area (Å²) in [6.07, 6.45) is 1.05. The first-order valence-corrected chi connectivity index (χ1v) is 12.8. The van der Waals surface area contributed by atoms with Crippen molar-refractivity contribution in [3.8, 4) is 11.5 Å². The Hall–Kier alpha value is -3.10. The summed E-state index contributed by atoms with van der Waals surface area (Å²) in [5.74, 6) is -0.700. The Morgan fingerprint density at radius 1 is 1.17 bits per heavy atom. The lowest BCUT2D eigenvalue weighted by Crippen LogP contribution is -2.36. The van der Waals surface area contributed by atoms with Crippen LogP contribution >= 0.6 is 11.3 Å². The molecule has 2 N–H and O–H groups in total. The second-order valence-corrected chi connectivity index (χ2v) is 9.50. The third kappa shape index (κ3) is 5.28. The number of hydrogen-bond acceptors (Lipinski definition) is 8. The van der Waals surface area contributed by atoms with Gasteiger partial charge in [0.15, 0.2) is 17.3 Å². The van der Waals surface area contributed by atoms with Crippen molar-refractivity contribution in [1.29, 1.82) is 0 Å². The molecule has 0 radical (unpaired) electrons. The number of hydrogen-bond donors (Lipinski definition) is 2. The molecule has 1 aliphatic carbocycles. The number of ether oxygens (including phenoxy) is 3. The summed E-state index contributed by atoms with van der Waals surface area (Å²) in [5, 5.41) is 15.6. The zero-order valence-corrected chi connectivity index (χ0v) is 21.1. The maximum Gasteiger partial charge on any atom is 0.336 e. The van der Waals surface area contributed by atoms with Crippen LogP contribution < -0.4 is 10.1 Å². The zero-order valence-electron chi connectivity index (χ0n) is 20.3. The minimum absolute atomic E-state index is 0.000279. The van der Waals surface area contributed by atoms with Crippen molar-refractivity contribution < 1.29 is 28.9 Å². The number of allylic oxidation sites excluding steroid dienone is 3. The molecule has 1 aromatic carbocycles. The van der Waals surface area contributed by atoms with Crippen LogP contribution in [0.1, 0.15) is 55.9 Å². The average molecular weight is 498 g/mol. The number of dihydropyridines is 1. The first-order chi connectivity index (χ1) is 16.9. The van der Waals surface area contributed by atoms with Crippen LogP contribution in [0.5, 0.6) is 11.5 Å². The zero-order chi connectivity index (χ0) is 24.9. The summed E-state index contributed by atoms with van der Waals surface area (Å²) >= 11 is 1.65. The van der Waals surface area contributed by atoms with Crippen LogP contribution in [-0.4, -0.2) is 43.3 Å². The fraction of sp³-hybridized carbons (Fsp3) is 0.407. The monoisotopic (exact) mass is 497 g/mol. The van der Waals surface area contributed by atoms with Crippen molar-refractivity contribution in [2.24, 2.45) is 0 Å². The highest BCUT2D eigenvalue weighted by molar-refractivity contribution is 7.10. The molecule has 2 aliphatic rings. The summed E-state index contributed by atoms with van der Waals surface area (Å²) in [5.41, 5.74) is 3.14. The lowest BCUT2D eigenvalue weighted by molar-refractivity contribution is -0.140. The van der Waals surface area contributed by atoms with E-state index in [1.54, 1.807) is 23.5 Å². The topological polar surface area (TPSA) is 94.1 Å². The highest BCUT2D eigenvalue weighted by atomic mass is 32.1. The molecule has 186 valence electrons. The van der Waals surface area contributed by atoms with Gasteiger partial charge >= 0.3 is 5.97 Å². The smallest absolute Gasteiger partial charge is 0.336 e. The summed E-state index contributed by atoms with van der Waals surface area (Å²) in [6, 6.07) is 9.04. The molecule has 0 saturated carbocycles. The van der Waals surface area contributed by atoms with Crippen molar-refractivity contribution in [3.05, 3.63) is 68.7 Å².